The number of hydrogen-bond donors (Lipinski definition) is 2. The number of halogens is 1. The minimum atomic E-state index is -0.479. The van der Waals surface area contributed by atoms with Crippen molar-refractivity contribution in [2.24, 2.45) is 17.8 Å². The van der Waals surface area contributed by atoms with Crippen molar-refractivity contribution in [3.8, 4) is 5.75 Å². The zero-order valence-electron chi connectivity index (χ0n) is 14.4. The third-order valence-corrected chi connectivity index (χ3v) is 6.55. The van der Waals surface area contributed by atoms with Gasteiger partial charge < -0.3 is 15.2 Å². The zero-order chi connectivity index (χ0) is 16.7. The van der Waals surface area contributed by atoms with E-state index in [1.807, 2.05) is 25.1 Å². The first-order chi connectivity index (χ1) is 11.5. The van der Waals surface area contributed by atoms with Gasteiger partial charge in [0.15, 0.2) is 0 Å². The Morgan fingerprint density at radius 2 is 1.83 bits per heavy atom. The SMILES string of the molecule is Cc1cc(Cl)ccc1OCC(O)CNC12CC3CC(CC(C3)C1)C2. The second kappa shape index (κ2) is 6.51. The van der Waals surface area contributed by atoms with Crippen molar-refractivity contribution < 1.29 is 9.84 Å². The lowest BCUT2D eigenvalue weighted by atomic mass is 9.53. The second-order valence-electron chi connectivity index (χ2n) is 8.45. The highest BCUT2D eigenvalue weighted by Gasteiger charge is 2.50. The normalized spacial score (nSPS) is 35.2. The summed E-state index contributed by atoms with van der Waals surface area (Å²) < 4.78 is 5.78. The molecule has 0 aliphatic heterocycles. The molecule has 4 bridgehead atoms. The molecular weight excluding hydrogens is 322 g/mol. The lowest BCUT2D eigenvalue weighted by molar-refractivity contribution is -0.0266. The van der Waals surface area contributed by atoms with Gasteiger partial charge in [-0.15, -0.1) is 0 Å². The molecule has 24 heavy (non-hydrogen) atoms. The van der Waals surface area contributed by atoms with Crippen LogP contribution in [0, 0.1) is 24.7 Å². The molecule has 4 aliphatic carbocycles. The minimum absolute atomic E-state index is 0.298. The van der Waals surface area contributed by atoms with Crippen LogP contribution in [0.25, 0.3) is 0 Å². The molecule has 1 atom stereocenters. The van der Waals surface area contributed by atoms with Crippen LogP contribution < -0.4 is 10.1 Å². The topological polar surface area (TPSA) is 41.5 Å². The molecule has 1 aromatic rings. The molecule has 3 nitrogen and oxygen atoms in total. The summed E-state index contributed by atoms with van der Waals surface area (Å²) >= 11 is 5.96. The van der Waals surface area contributed by atoms with E-state index < -0.39 is 6.10 Å². The second-order valence-corrected chi connectivity index (χ2v) is 8.89. The Morgan fingerprint density at radius 1 is 1.21 bits per heavy atom. The summed E-state index contributed by atoms with van der Waals surface area (Å²) in [5.41, 5.74) is 1.30. The fourth-order valence-corrected chi connectivity index (χ4v) is 5.91. The van der Waals surface area contributed by atoms with Crippen LogP contribution in [0.5, 0.6) is 5.75 Å². The molecular formula is C20H28ClNO2. The van der Waals surface area contributed by atoms with Crippen molar-refractivity contribution in [1.82, 2.24) is 5.32 Å². The standard InChI is InChI=1S/C20H28ClNO2/c1-13-4-17(21)2-3-19(13)24-12-18(23)11-22-20-8-14-5-15(9-20)7-16(6-14)10-20/h2-4,14-16,18,22-23H,5-12H2,1H3. The van der Waals surface area contributed by atoms with Gasteiger partial charge in [0.2, 0.25) is 0 Å². The highest BCUT2D eigenvalue weighted by Crippen LogP contribution is 2.55. The number of rotatable bonds is 6. The van der Waals surface area contributed by atoms with Crippen LogP contribution in [0.3, 0.4) is 0 Å². The van der Waals surface area contributed by atoms with E-state index in [0.717, 1.165) is 29.1 Å². The number of ether oxygens (including phenoxy) is 1. The minimum Gasteiger partial charge on any atom is -0.491 e. The highest BCUT2D eigenvalue weighted by molar-refractivity contribution is 6.30. The molecule has 0 spiro atoms. The van der Waals surface area contributed by atoms with E-state index >= 15 is 0 Å². The van der Waals surface area contributed by atoms with Gasteiger partial charge >= 0.3 is 0 Å². The van der Waals surface area contributed by atoms with Crippen LogP contribution in [-0.4, -0.2) is 29.9 Å². The highest BCUT2D eigenvalue weighted by atomic mass is 35.5. The molecule has 0 saturated heterocycles. The van der Waals surface area contributed by atoms with Gasteiger partial charge in [0, 0.05) is 17.1 Å². The van der Waals surface area contributed by atoms with Gasteiger partial charge in [-0.05, 0) is 87.0 Å². The molecule has 4 saturated carbocycles. The molecule has 4 aliphatic rings. The molecule has 132 valence electrons. The summed E-state index contributed by atoms with van der Waals surface area (Å²) in [6.07, 6.45) is 7.79. The van der Waals surface area contributed by atoms with Crippen LogP contribution >= 0.6 is 11.6 Å². The summed E-state index contributed by atoms with van der Waals surface area (Å²) in [6, 6.07) is 5.58. The number of benzene rings is 1. The third kappa shape index (κ3) is 3.44. The van der Waals surface area contributed by atoms with Crippen molar-refractivity contribution in [1.29, 1.82) is 0 Å². The Bertz CT molecular complexity index is 568. The van der Waals surface area contributed by atoms with E-state index in [0.29, 0.717) is 23.7 Å². The zero-order valence-corrected chi connectivity index (χ0v) is 15.2. The lowest BCUT2D eigenvalue weighted by Crippen LogP contribution is -2.59. The molecule has 4 heteroatoms. The van der Waals surface area contributed by atoms with Gasteiger partial charge in [-0.25, -0.2) is 0 Å². The number of β-amino-alcohol motifs (C(OH)–C–C–N with tert-alkyl or cyclic N) is 1. The quantitative estimate of drug-likeness (QED) is 0.817. The molecule has 1 aromatic carbocycles. The average molecular weight is 350 g/mol. The maximum atomic E-state index is 10.3. The number of aliphatic hydroxyl groups excluding tert-OH is 1. The summed E-state index contributed by atoms with van der Waals surface area (Å²) in [5.74, 6) is 3.57. The largest absolute Gasteiger partial charge is 0.491 e. The van der Waals surface area contributed by atoms with Gasteiger partial charge in [-0.2, -0.15) is 0 Å². The Kier molecular flexibility index (Phi) is 4.53. The van der Waals surface area contributed by atoms with E-state index in [1.54, 1.807) is 0 Å². The molecule has 0 radical (unpaired) electrons. The Balaban J connectivity index is 1.28. The first-order valence-electron chi connectivity index (χ1n) is 9.33. The van der Waals surface area contributed by atoms with Crippen molar-refractivity contribution in [3.05, 3.63) is 28.8 Å². The molecule has 2 N–H and O–H groups in total. The van der Waals surface area contributed by atoms with E-state index in [1.165, 1.54) is 38.5 Å². The van der Waals surface area contributed by atoms with E-state index in [9.17, 15) is 5.11 Å². The predicted molar refractivity (Wildman–Crippen MR) is 96.6 cm³/mol. The van der Waals surface area contributed by atoms with E-state index in [-0.39, 0.29) is 0 Å². The number of nitrogens with one attached hydrogen (secondary N) is 1. The van der Waals surface area contributed by atoms with Crippen LogP contribution in [0.2, 0.25) is 5.02 Å². The maximum absolute atomic E-state index is 10.3. The van der Waals surface area contributed by atoms with Crippen molar-refractivity contribution in [2.45, 2.75) is 57.1 Å². The molecule has 0 aromatic heterocycles. The fourth-order valence-electron chi connectivity index (χ4n) is 5.68. The van der Waals surface area contributed by atoms with Crippen LogP contribution in [0.15, 0.2) is 18.2 Å². The van der Waals surface area contributed by atoms with Crippen LogP contribution in [0.4, 0.5) is 0 Å². The summed E-state index contributed by atoms with van der Waals surface area (Å²) in [7, 11) is 0. The first-order valence-corrected chi connectivity index (χ1v) is 9.71. The Labute approximate surface area is 149 Å². The lowest BCUT2D eigenvalue weighted by Gasteiger charge is -2.57. The number of aryl methyl sites for hydroxylation is 1. The van der Waals surface area contributed by atoms with Crippen molar-refractivity contribution >= 4 is 11.6 Å². The van der Waals surface area contributed by atoms with Gasteiger partial charge in [-0.1, -0.05) is 11.6 Å². The Morgan fingerprint density at radius 3 is 2.42 bits per heavy atom. The third-order valence-electron chi connectivity index (χ3n) is 6.32. The van der Waals surface area contributed by atoms with Gasteiger partial charge in [0.05, 0.1) is 0 Å². The van der Waals surface area contributed by atoms with Gasteiger partial charge in [0.1, 0.15) is 18.5 Å². The molecule has 0 amide bonds. The van der Waals surface area contributed by atoms with Crippen LogP contribution in [0.1, 0.15) is 44.1 Å². The fraction of sp³-hybridized carbons (Fsp3) is 0.700. The molecule has 1 unspecified atom stereocenters. The van der Waals surface area contributed by atoms with Gasteiger partial charge in [-0.3, -0.25) is 0 Å². The monoisotopic (exact) mass is 349 g/mol. The summed E-state index contributed by atoms with van der Waals surface area (Å²) in [6.45, 7) is 2.92. The van der Waals surface area contributed by atoms with Crippen molar-refractivity contribution in [3.63, 3.8) is 0 Å². The van der Waals surface area contributed by atoms with E-state index in [2.05, 4.69) is 5.32 Å². The number of hydrogen-bond acceptors (Lipinski definition) is 3. The average Bonchev–Trinajstić information content (AvgIpc) is 2.51. The van der Waals surface area contributed by atoms with E-state index in [4.69, 9.17) is 16.3 Å². The van der Waals surface area contributed by atoms with Crippen molar-refractivity contribution in [2.75, 3.05) is 13.2 Å². The smallest absolute Gasteiger partial charge is 0.122 e. The molecule has 5 rings (SSSR count). The number of aliphatic hydroxyl groups is 1. The summed E-state index contributed by atoms with van der Waals surface area (Å²) in [5, 5.41) is 14.8. The van der Waals surface area contributed by atoms with Gasteiger partial charge in [0.25, 0.3) is 0 Å². The Hall–Kier alpha value is -0.770. The maximum Gasteiger partial charge on any atom is 0.122 e. The van der Waals surface area contributed by atoms with Crippen LogP contribution in [-0.2, 0) is 0 Å². The summed E-state index contributed by atoms with van der Waals surface area (Å²) in [4.78, 5) is 0. The molecule has 0 heterocycles. The molecule has 4 fully saturated rings. The predicted octanol–water partition coefficient (Wildman–Crippen LogP) is 3.95. The first kappa shape index (κ1) is 16.7.